The van der Waals surface area contributed by atoms with Crippen molar-refractivity contribution in [3.63, 3.8) is 0 Å². The predicted octanol–water partition coefficient (Wildman–Crippen LogP) is 2.16. The van der Waals surface area contributed by atoms with Crippen LogP contribution in [0.1, 0.15) is 25.5 Å². The first kappa shape index (κ1) is 10.9. The average molecular weight is 218 g/mol. The van der Waals surface area contributed by atoms with Crippen LogP contribution >= 0.6 is 0 Å². The summed E-state index contributed by atoms with van der Waals surface area (Å²) in [6.07, 6.45) is 2.06. The van der Waals surface area contributed by atoms with Crippen LogP contribution in [0.25, 0.3) is 10.9 Å². The minimum Gasteiger partial charge on any atom is -0.361 e. The van der Waals surface area contributed by atoms with Crippen LogP contribution in [-0.2, 0) is 7.05 Å². The van der Waals surface area contributed by atoms with E-state index in [0.29, 0.717) is 5.92 Å². The first-order chi connectivity index (χ1) is 7.52. The molecule has 0 saturated heterocycles. The van der Waals surface area contributed by atoms with Crippen molar-refractivity contribution in [2.75, 3.05) is 19.0 Å². The van der Waals surface area contributed by atoms with Crippen LogP contribution in [0.15, 0.2) is 12.3 Å². The maximum absolute atomic E-state index is 4.35. The Morgan fingerprint density at radius 3 is 2.50 bits per heavy atom. The highest BCUT2D eigenvalue weighted by atomic mass is 15.2. The summed E-state index contributed by atoms with van der Waals surface area (Å²) >= 11 is 0. The van der Waals surface area contributed by atoms with Gasteiger partial charge in [-0.25, -0.2) is 0 Å². The number of aromatic nitrogens is 3. The van der Waals surface area contributed by atoms with Gasteiger partial charge in [0.2, 0.25) is 0 Å². The lowest BCUT2D eigenvalue weighted by atomic mass is 10.1. The normalized spacial score (nSPS) is 11.4. The molecule has 0 saturated carbocycles. The number of aryl methyl sites for hydroxylation is 1. The van der Waals surface area contributed by atoms with Crippen LogP contribution in [-0.4, -0.2) is 28.9 Å². The van der Waals surface area contributed by atoms with Crippen LogP contribution in [0.2, 0.25) is 0 Å². The molecule has 0 spiro atoms. The van der Waals surface area contributed by atoms with Crippen LogP contribution in [0, 0.1) is 0 Å². The van der Waals surface area contributed by atoms with Crippen LogP contribution in [0.3, 0.4) is 0 Å². The number of fused-ring (bicyclic) bond motifs is 1. The first-order valence-electron chi connectivity index (χ1n) is 5.51. The van der Waals surface area contributed by atoms with Crippen LogP contribution < -0.4 is 4.90 Å². The van der Waals surface area contributed by atoms with Crippen molar-refractivity contribution in [3.8, 4) is 0 Å². The van der Waals surface area contributed by atoms with Crippen molar-refractivity contribution in [2.24, 2.45) is 7.05 Å². The van der Waals surface area contributed by atoms with Crippen molar-refractivity contribution in [2.45, 2.75) is 19.8 Å². The molecule has 2 aromatic heterocycles. The second-order valence-corrected chi connectivity index (χ2v) is 4.65. The Labute approximate surface area is 95.9 Å². The largest absolute Gasteiger partial charge is 0.361 e. The number of rotatable bonds is 2. The molecule has 4 nitrogen and oxygen atoms in total. The second-order valence-electron chi connectivity index (χ2n) is 4.65. The lowest BCUT2D eigenvalue weighted by molar-refractivity contribution is 0.782. The molecule has 0 bridgehead atoms. The zero-order chi connectivity index (χ0) is 11.9. The van der Waals surface area contributed by atoms with Gasteiger partial charge < -0.3 is 9.47 Å². The van der Waals surface area contributed by atoms with Gasteiger partial charge in [-0.05, 0) is 12.0 Å². The van der Waals surface area contributed by atoms with Crippen molar-refractivity contribution in [1.82, 2.24) is 14.8 Å². The summed E-state index contributed by atoms with van der Waals surface area (Å²) in [7, 11) is 6.03. The van der Waals surface area contributed by atoms with Gasteiger partial charge in [0, 0.05) is 32.7 Å². The fourth-order valence-corrected chi connectivity index (χ4v) is 1.95. The highest BCUT2D eigenvalue weighted by Gasteiger charge is 2.15. The standard InChI is InChI=1S/C12H18N4/c1-8(2)10-11-9(6-7-16(11)5)12(14-13-10)15(3)4/h6-8H,1-5H3. The molecule has 0 amide bonds. The summed E-state index contributed by atoms with van der Waals surface area (Å²) in [5, 5.41) is 9.82. The molecule has 0 N–H and O–H groups in total. The molecule has 4 heteroatoms. The number of hydrogen-bond donors (Lipinski definition) is 0. The summed E-state index contributed by atoms with van der Waals surface area (Å²) in [4.78, 5) is 2.00. The van der Waals surface area contributed by atoms with Crippen LogP contribution in [0.4, 0.5) is 5.82 Å². The summed E-state index contributed by atoms with van der Waals surface area (Å²) in [5.74, 6) is 1.32. The second kappa shape index (κ2) is 3.77. The topological polar surface area (TPSA) is 34.0 Å². The molecule has 16 heavy (non-hydrogen) atoms. The van der Waals surface area contributed by atoms with Gasteiger partial charge >= 0.3 is 0 Å². The van der Waals surface area contributed by atoms with Gasteiger partial charge in [0.05, 0.1) is 11.2 Å². The fraction of sp³-hybridized carbons (Fsp3) is 0.500. The van der Waals surface area contributed by atoms with Crippen LogP contribution in [0.5, 0.6) is 0 Å². The lowest BCUT2D eigenvalue weighted by Crippen LogP contribution is -2.13. The van der Waals surface area contributed by atoms with Crippen molar-refractivity contribution in [3.05, 3.63) is 18.0 Å². The number of anilines is 1. The Hall–Kier alpha value is -1.58. The lowest BCUT2D eigenvalue weighted by Gasteiger charge is -2.14. The number of hydrogen-bond acceptors (Lipinski definition) is 3. The first-order valence-corrected chi connectivity index (χ1v) is 5.51. The molecule has 0 aliphatic carbocycles. The summed E-state index contributed by atoms with van der Waals surface area (Å²) in [6.45, 7) is 4.29. The van der Waals surface area contributed by atoms with Gasteiger partial charge in [0.15, 0.2) is 5.82 Å². The van der Waals surface area contributed by atoms with E-state index in [9.17, 15) is 0 Å². The van der Waals surface area contributed by atoms with Gasteiger partial charge in [0.25, 0.3) is 0 Å². The Morgan fingerprint density at radius 2 is 1.94 bits per heavy atom. The quantitative estimate of drug-likeness (QED) is 0.774. The van der Waals surface area contributed by atoms with Gasteiger partial charge in [-0.15, -0.1) is 5.10 Å². The molecule has 0 aromatic carbocycles. The molecule has 2 rings (SSSR count). The average Bonchev–Trinajstić information content (AvgIpc) is 2.59. The molecule has 2 aromatic rings. The maximum atomic E-state index is 4.35. The Balaban J connectivity index is 2.79. The SMILES string of the molecule is CC(C)c1nnc(N(C)C)c2ccn(C)c12. The van der Waals surface area contributed by atoms with Gasteiger partial charge in [0.1, 0.15) is 0 Å². The Morgan fingerprint density at radius 1 is 1.25 bits per heavy atom. The Bertz CT molecular complexity index is 511. The smallest absolute Gasteiger partial charge is 0.160 e. The third-order valence-electron chi connectivity index (χ3n) is 2.78. The summed E-state index contributed by atoms with van der Waals surface area (Å²) in [6, 6.07) is 2.10. The monoisotopic (exact) mass is 218 g/mol. The van der Waals surface area contributed by atoms with Crippen molar-refractivity contribution >= 4 is 16.7 Å². The molecule has 0 unspecified atom stereocenters. The maximum Gasteiger partial charge on any atom is 0.160 e. The van der Waals surface area contributed by atoms with E-state index in [1.807, 2.05) is 19.0 Å². The van der Waals surface area contributed by atoms with E-state index in [4.69, 9.17) is 0 Å². The van der Waals surface area contributed by atoms with E-state index in [2.05, 4.69) is 47.9 Å². The molecule has 0 radical (unpaired) electrons. The molecule has 2 heterocycles. The molecule has 0 fully saturated rings. The highest BCUT2D eigenvalue weighted by Crippen LogP contribution is 2.28. The molecular weight excluding hydrogens is 200 g/mol. The van der Waals surface area contributed by atoms with E-state index in [1.54, 1.807) is 0 Å². The van der Waals surface area contributed by atoms with E-state index in [1.165, 1.54) is 10.9 Å². The third kappa shape index (κ3) is 1.54. The molecule has 0 aliphatic rings. The third-order valence-corrected chi connectivity index (χ3v) is 2.78. The van der Waals surface area contributed by atoms with E-state index >= 15 is 0 Å². The van der Waals surface area contributed by atoms with E-state index < -0.39 is 0 Å². The van der Waals surface area contributed by atoms with Crippen molar-refractivity contribution < 1.29 is 0 Å². The summed E-state index contributed by atoms with van der Waals surface area (Å²) < 4.78 is 2.12. The minimum absolute atomic E-state index is 0.389. The Kier molecular flexibility index (Phi) is 2.58. The zero-order valence-corrected chi connectivity index (χ0v) is 10.5. The molecular formula is C12H18N4. The van der Waals surface area contributed by atoms with E-state index in [-0.39, 0.29) is 0 Å². The van der Waals surface area contributed by atoms with Crippen molar-refractivity contribution in [1.29, 1.82) is 0 Å². The van der Waals surface area contributed by atoms with E-state index in [0.717, 1.165) is 11.5 Å². The highest BCUT2D eigenvalue weighted by molar-refractivity contribution is 5.91. The number of nitrogens with zero attached hydrogens (tertiary/aromatic N) is 4. The van der Waals surface area contributed by atoms with Gasteiger partial charge in [-0.3, -0.25) is 0 Å². The minimum atomic E-state index is 0.389. The molecule has 86 valence electrons. The van der Waals surface area contributed by atoms with Gasteiger partial charge in [-0.2, -0.15) is 5.10 Å². The fourth-order valence-electron chi connectivity index (χ4n) is 1.95. The molecule has 0 aliphatic heterocycles. The predicted molar refractivity (Wildman–Crippen MR) is 66.9 cm³/mol. The molecule has 0 atom stereocenters. The summed E-state index contributed by atoms with van der Waals surface area (Å²) in [5.41, 5.74) is 2.25. The zero-order valence-electron chi connectivity index (χ0n) is 10.5. The van der Waals surface area contributed by atoms with Gasteiger partial charge in [-0.1, -0.05) is 13.8 Å².